The van der Waals surface area contributed by atoms with Gasteiger partial charge in [-0.3, -0.25) is 4.79 Å². The van der Waals surface area contributed by atoms with Crippen LogP contribution in [0.15, 0.2) is 12.3 Å². The zero-order valence-electron chi connectivity index (χ0n) is 6.00. The Bertz CT molecular complexity index is 340. The molecule has 2 heterocycles. The summed E-state index contributed by atoms with van der Waals surface area (Å²) in [5.41, 5.74) is 0. The van der Waals surface area contributed by atoms with Crippen LogP contribution >= 0.6 is 22.6 Å². The van der Waals surface area contributed by atoms with E-state index in [1.165, 1.54) is 0 Å². The molecule has 1 aromatic heterocycles. The molecule has 0 bridgehead atoms. The highest BCUT2D eigenvalue weighted by Crippen LogP contribution is 2.25. The van der Waals surface area contributed by atoms with E-state index in [2.05, 4.69) is 32.9 Å². The summed E-state index contributed by atoms with van der Waals surface area (Å²) in [6, 6.07) is 1.84. The predicted octanol–water partition coefficient (Wildman–Crippen LogP) is 1.02. The molecule has 0 saturated heterocycles. The number of aromatic nitrogens is 1. The molecule has 0 saturated carbocycles. The van der Waals surface area contributed by atoms with Crippen molar-refractivity contribution >= 4 is 34.3 Å². The normalized spacial score (nSPS) is 14.6. The van der Waals surface area contributed by atoms with Gasteiger partial charge in [-0.2, -0.15) is 0 Å². The van der Waals surface area contributed by atoms with Crippen LogP contribution in [-0.2, 0) is 4.79 Å². The molecule has 0 spiro atoms. The lowest BCUT2D eigenvalue weighted by atomic mass is 10.4. The van der Waals surface area contributed by atoms with Crippen molar-refractivity contribution in [3.63, 3.8) is 0 Å². The average Bonchev–Trinajstić information content (AvgIpc) is 2.05. The lowest BCUT2D eigenvalue weighted by Crippen LogP contribution is -2.26. The minimum atomic E-state index is -0.156. The molecular formula is C7H5IN2O2. The first-order chi connectivity index (χ1) is 5.75. The van der Waals surface area contributed by atoms with E-state index in [0.29, 0.717) is 11.6 Å². The molecule has 2 rings (SSSR count). The van der Waals surface area contributed by atoms with Crippen molar-refractivity contribution < 1.29 is 9.53 Å². The second-order valence-electron chi connectivity index (χ2n) is 2.34. The van der Waals surface area contributed by atoms with E-state index in [1.807, 2.05) is 6.07 Å². The molecule has 1 aliphatic heterocycles. The van der Waals surface area contributed by atoms with Crippen LogP contribution in [0.2, 0.25) is 0 Å². The smallest absolute Gasteiger partial charge is 0.263 e. The maximum Gasteiger partial charge on any atom is 0.263 e. The summed E-state index contributed by atoms with van der Waals surface area (Å²) in [7, 11) is 0. The molecule has 0 fully saturated rings. The van der Waals surface area contributed by atoms with Crippen LogP contribution < -0.4 is 10.1 Å². The van der Waals surface area contributed by atoms with Gasteiger partial charge < -0.3 is 10.1 Å². The number of anilines is 1. The van der Waals surface area contributed by atoms with Crippen molar-refractivity contribution in [1.82, 2.24) is 4.98 Å². The van der Waals surface area contributed by atoms with Gasteiger partial charge in [0.15, 0.2) is 18.2 Å². The highest BCUT2D eigenvalue weighted by molar-refractivity contribution is 14.1. The van der Waals surface area contributed by atoms with Crippen molar-refractivity contribution in [3.8, 4) is 5.75 Å². The lowest BCUT2D eigenvalue weighted by Gasteiger charge is -2.16. The van der Waals surface area contributed by atoms with Gasteiger partial charge in [-0.05, 0) is 28.7 Å². The SMILES string of the molecule is O=C1COc2cc(I)cnc2N1. The van der Waals surface area contributed by atoms with Crippen molar-refractivity contribution in [1.29, 1.82) is 0 Å². The second-order valence-corrected chi connectivity index (χ2v) is 3.58. The maximum atomic E-state index is 10.8. The Balaban J connectivity index is 2.43. The fourth-order valence-corrected chi connectivity index (χ4v) is 1.36. The number of hydrogen-bond acceptors (Lipinski definition) is 3. The minimum absolute atomic E-state index is 0.0781. The highest BCUT2D eigenvalue weighted by atomic mass is 127. The van der Waals surface area contributed by atoms with Gasteiger partial charge >= 0.3 is 0 Å². The van der Waals surface area contributed by atoms with Crippen LogP contribution in [0, 0.1) is 3.57 Å². The van der Waals surface area contributed by atoms with E-state index in [-0.39, 0.29) is 12.5 Å². The Kier molecular flexibility index (Phi) is 1.87. The van der Waals surface area contributed by atoms with Gasteiger partial charge in [-0.1, -0.05) is 0 Å². The van der Waals surface area contributed by atoms with Gasteiger partial charge in [0.2, 0.25) is 0 Å². The highest BCUT2D eigenvalue weighted by Gasteiger charge is 2.16. The van der Waals surface area contributed by atoms with Crippen LogP contribution in [0.4, 0.5) is 5.82 Å². The van der Waals surface area contributed by atoms with Crippen molar-refractivity contribution in [3.05, 3.63) is 15.8 Å². The van der Waals surface area contributed by atoms with Crippen LogP contribution in [-0.4, -0.2) is 17.5 Å². The Labute approximate surface area is 82.5 Å². The first kappa shape index (κ1) is 7.78. The first-order valence-corrected chi connectivity index (χ1v) is 4.42. The molecule has 0 unspecified atom stereocenters. The van der Waals surface area contributed by atoms with Crippen molar-refractivity contribution in [2.75, 3.05) is 11.9 Å². The third-order valence-electron chi connectivity index (χ3n) is 1.44. The number of halogens is 1. The third-order valence-corrected chi connectivity index (χ3v) is 2.03. The van der Waals surface area contributed by atoms with E-state index in [0.717, 1.165) is 3.57 Å². The molecule has 0 aromatic carbocycles. The summed E-state index contributed by atoms with van der Waals surface area (Å²) < 4.78 is 6.13. The minimum Gasteiger partial charge on any atom is -0.480 e. The number of fused-ring (bicyclic) bond motifs is 1. The van der Waals surface area contributed by atoms with Gasteiger partial charge in [0.05, 0.1) is 0 Å². The first-order valence-electron chi connectivity index (χ1n) is 3.34. The third kappa shape index (κ3) is 1.36. The van der Waals surface area contributed by atoms with E-state index >= 15 is 0 Å². The summed E-state index contributed by atoms with van der Waals surface area (Å²) >= 11 is 2.14. The molecule has 1 N–H and O–H groups in total. The fourth-order valence-electron chi connectivity index (χ4n) is 0.936. The summed E-state index contributed by atoms with van der Waals surface area (Å²) in [6.07, 6.45) is 1.67. The number of nitrogens with zero attached hydrogens (tertiary/aromatic N) is 1. The fraction of sp³-hybridized carbons (Fsp3) is 0.143. The van der Waals surface area contributed by atoms with Crippen molar-refractivity contribution in [2.24, 2.45) is 0 Å². The number of amides is 1. The van der Waals surface area contributed by atoms with Crippen LogP contribution in [0.1, 0.15) is 0 Å². The Morgan fingerprint density at radius 1 is 1.67 bits per heavy atom. The van der Waals surface area contributed by atoms with Gasteiger partial charge in [-0.25, -0.2) is 4.98 Å². The summed E-state index contributed by atoms with van der Waals surface area (Å²) in [6.45, 7) is 0.0781. The van der Waals surface area contributed by atoms with Gasteiger partial charge in [0, 0.05) is 9.77 Å². The molecule has 5 heteroatoms. The Morgan fingerprint density at radius 3 is 3.33 bits per heavy atom. The van der Waals surface area contributed by atoms with Gasteiger partial charge in [0.1, 0.15) is 0 Å². The number of ether oxygens (including phenoxy) is 1. The lowest BCUT2D eigenvalue weighted by molar-refractivity contribution is -0.118. The van der Waals surface area contributed by atoms with E-state index in [4.69, 9.17) is 4.74 Å². The molecule has 12 heavy (non-hydrogen) atoms. The molecule has 62 valence electrons. The average molecular weight is 276 g/mol. The molecule has 0 atom stereocenters. The second kappa shape index (κ2) is 2.89. The van der Waals surface area contributed by atoms with Gasteiger partial charge in [0.25, 0.3) is 5.91 Å². The Morgan fingerprint density at radius 2 is 2.50 bits per heavy atom. The molecule has 0 radical (unpaired) electrons. The summed E-state index contributed by atoms with van der Waals surface area (Å²) in [5.74, 6) is 0.990. The van der Waals surface area contributed by atoms with Crippen LogP contribution in [0.5, 0.6) is 5.75 Å². The molecule has 1 amide bonds. The number of pyridine rings is 1. The zero-order valence-corrected chi connectivity index (χ0v) is 8.16. The monoisotopic (exact) mass is 276 g/mol. The van der Waals surface area contributed by atoms with Gasteiger partial charge in [-0.15, -0.1) is 0 Å². The number of carbonyl (C=O) groups excluding carboxylic acids is 1. The molecule has 1 aliphatic rings. The van der Waals surface area contributed by atoms with E-state index in [1.54, 1.807) is 6.20 Å². The molecular weight excluding hydrogens is 271 g/mol. The number of carbonyl (C=O) groups is 1. The van der Waals surface area contributed by atoms with Crippen molar-refractivity contribution in [2.45, 2.75) is 0 Å². The summed E-state index contributed by atoms with van der Waals surface area (Å²) in [5, 5.41) is 2.61. The topological polar surface area (TPSA) is 51.2 Å². The number of rotatable bonds is 0. The molecule has 1 aromatic rings. The predicted molar refractivity (Wildman–Crippen MR) is 51.1 cm³/mol. The maximum absolute atomic E-state index is 10.8. The Hall–Kier alpha value is -0.850. The largest absolute Gasteiger partial charge is 0.480 e. The zero-order chi connectivity index (χ0) is 8.55. The summed E-state index contributed by atoms with van der Waals surface area (Å²) in [4.78, 5) is 14.8. The van der Waals surface area contributed by atoms with Crippen LogP contribution in [0.3, 0.4) is 0 Å². The quantitative estimate of drug-likeness (QED) is 0.720. The number of hydrogen-bond donors (Lipinski definition) is 1. The van der Waals surface area contributed by atoms with E-state index < -0.39 is 0 Å². The molecule has 4 nitrogen and oxygen atoms in total. The van der Waals surface area contributed by atoms with E-state index in [9.17, 15) is 4.79 Å². The number of nitrogens with one attached hydrogen (secondary N) is 1. The standard InChI is InChI=1S/C7H5IN2O2/c8-4-1-5-7(9-2-4)10-6(11)3-12-5/h1-2H,3H2,(H,9,10,11). The van der Waals surface area contributed by atoms with Crippen LogP contribution in [0.25, 0.3) is 0 Å². The molecule has 0 aliphatic carbocycles.